The number of likely N-dealkylation sites (tertiary alicyclic amines) is 2. The van der Waals surface area contributed by atoms with Gasteiger partial charge in [0.2, 0.25) is 0 Å². The minimum Gasteiger partial charge on any atom is -0.328 e. The van der Waals surface area contributed by atoms with Gasteiger partial charge in [0, 0.05) is 38.3 Å². The van der Waals surface area contributed by atoms with E-state index in [1.165, 1.54) is 0 Å². The Kier molecular flexibility index (Phi) is 5.12. The predicted octanol–water partition coefficient (Wildman–Crippen LogP) is -0.598. The third kappa shape index (κ3) is 4.31. The van der Waals surface area contributed by atoms with Gasteiger partial charge in [-0.25, -0.2) is 0 Å². The molecule has 5 heteroatoms. The summed E-state index contributed by atoms with van der Waals surface area (Å²) in [6, 6.07) is 0.667. The lowest BCUT2D eigenvalue weighted by Gasteiger charge is -2.32. The highest BCUT2D eigenvalue weighted by Gasteiger charge is 2.21. The SMILES string of the molecule is NC1CCN(CC(=O)CN2CCC(N)CC2)CC1. The van der Waals surface area contributed by atoms with Gasteiger partial charge < -0.3 is 11.5 Å². The number of Topliss-reactive ketones (excluding diaryl/α,β-unsaturated/α-hetero) is 1. The van der Waals surface area contributed by atoms with Crippen molar-refractivity contribution in [2.75, 3.05) is 39.3 Å². The number of carbonyl (C=O) groups excluding carboxylic acids is 1. The highest BCUT2D eigenvalue weighted by molar-refractivity contribution is 5.82. The van der Waals surface area contributed by atoms with E-state index in [-0.39, 0.29) is 0 Å². The van der Waals surface area contributed by atoms with Gasteiger partial charge in [-0.05, 0) is 25.7 Å². The van der Waals surface area contributed by atoms with Crippen LogP contribution in [0.1, 0.15) is 25.7 Å². The van der Waals surface area contributed by atoms with E-state index in [0.717, 1.165) is 51.9 Å². The van der Waals surface area contributed by atoms with Crippen LogP contribution < -0.4 is 11.5 Å². The summed E-state index contributed by atoms with van der Waals surface area (Å²) in [6.45, 7) is 5.07. The van der Waals surface area contributed by atoms with Gasteiger partial charge in [-0.15, -0.1) is 0 Å². The first kappa shape index (κ1) is 13.9. The van der Waals surface area contributed by atoms with Crippen LogP contribution in [-0.2, 0) is 4.79 Å². The summed E-state index contributed by atoms with van der Waals surface area (Å²) in [5.41, 5.74) is 11.7. The second-order valence-corrected chi connectivity index (χ2v) is 5.77. The van der Waals surface area contributed by atoms with Crippen LogP contribution in [0.2, 0.25) is 0 Å². The molecule has 0 aromatic heterocycles. The molecule has 0 bridgehead atoms. The van der Waals surface area contributed by atoms with Crippen molar-refractivity contribution in [1.82, 2.24) is 9.80 Å². The fourth-order valence-electron chi connectivity index (χ4n) is 2.77. The van der Waals surface area contributed by atoms with Gasteiger partial charge in [-0.3, -0.25) is 14.6 Å². The first-order valence-electron chi connectivity index (χ1n) is 7.11. The lowest BCUT2D eigenvalue weighted by molar-refractivity contribution is -0.121. The van der Waals surface area contributed by atoms with E-state index in [9.17, 15) is 4.79 Å². The van der Waals surface area contributed by atoms with Crippen molar-refractivity contribution in [3.05, 3.63) is 0 Å². The maximum absolute atomic E-state index is 12.0. The topological polar surface area (TPSA) is 75.6 Å². The van der Waals surface area contributed by atoms with Crippen LogP contribution in [-0.4, -0.2) is 66.9 Å². The average molecular weight is 254 g/mol. The lowest BCUT2D eigenvalue weighted by Crippen LogP contribution is -2.46. The van der Waals surface area contributed by atoms with Gasteiger partial charge in [0.1, 0.15) is 0 Å². The fourth-order valence-corrected chi connectivity index (χ4v) is 2.77. The van der Waals surface area contributed by atoms with Crippen molar-refractivity contribution in [3.8, 4) is 0 Å². The Balaban J connectivity index is 1.66. The first-order chi connectivity index (χ1) is 8.63. The van der Waals surface area contributed by atoms with Crippen molar-refractivity contribution in [2.24, 2.45) is 11.5 Å². The van der Waals surface area contributed by atoms with E-state index in [1.54, 1.807) is 0 Å². The number of piperidine rings is 2. The molecule has 18 heavy (non-hydrogen) atoms. The third-order valence-corrected chi connectivity index (χ3v) is 4.06. The molecule has 0 radical (unpaired) electrons. The molecular weight excluding hydrogens is 228 g/mol. The van der Waals surface area contributed by atoms with E-state index < -0.39 is 0 Å². The number of ketones is 1. The molecule has 2 saturated heterocycles. The van der Waals surface area contributed by atoms with Crippen molar-refractivity contribution < 1.29 is 4.79 Å². The van der Waals surface area contributed by atoms with E-state index in [1.807, 2.05) is 0 Å². The van der Waals surface area contributed by atoms with Crippen LogP contribution in [0.3, 0.4) is 0 Å². The molecule has 2 aliphatic heterocycles. The molecule has 0 atom stereocenters. The molecule has 0 aromatic carbocycles. The molecule has 2 rings (SSSR count). The minimum absolute atomic E-state index is 0.333. The van der Waals surface area contributed by atoms with Crippen LogP contribution in [0.4, 0.5) is 0 Å². The van der Waals surface area contributed by atoms with E-state index in [4.69, 9.17) is 11.5 Å². The number of carbonyl (C=O) groups is 1. The van der Waals surface area contributed by atoms with Crippen molar-refractivity contribution in [2.45, 2.75) is 37.8 Å². The Morgan fingerprint density at radius 1 is 0.833 bits per heavy atom. The number of hydrogen-bond acceptors (Lipinski definition) is 5. The Labute approximate surface area is 109 Å². The zero-order valence-corrected chi connectivity index (χ0v) is 11.2. The van der Waals surface area contributed by atoms with Gasteiger partial charge in [-0.2, -0.15) is 0 Å². The van der Waals surface area contributed by atoms with Crippen molar-refractivity contribution in [3.63, 3.8) is 0 Å². The quantitative estimate of drug-likeness (QED) is 0.701. The maximum atomic E-state index is 12.0. The Hall–Kier alpha value is -0.490. The van der Waals surface area contributed by atoms with Crippen LogP contribution >= 0.6 is 0 Å². The van der Waals surface area contributed by atoms with Crippen LogP contribution in [0.25, 0.3) is 0 Å². The molecule has 2 heterocycles. The van der Waals surface area contributed by atoms with Crippen LogP contribution in [0.15, 0.2) is 0 Å². The first-order valence-corrected chi connectivity index (χ1v) is 7.11. The summed E-state index contributed by atoms with van der Waals surface area (Å²) in [7, 11) is 0. The molecule has 0 spiro atoms. The van der Waals surface area contributed by atoms with Gasteiger partial charge >= 0.3 is 0 Å². The zero-order chi connectivity index (χ0) is 13.0. The molecule has 104 valence electrons. The number of nitrogens with zero attached hydrogens (tertiary/aromatic N) is 2. The molecule has 2 fully saturated rings. The van der Waals surface area contributed by atoms with Gasteiger partial charge in [-0.1, -0.05) is 0 Å². The van der Waals surface area contributed by atoms with Crippen molar-refractivity contribution in [1.29, 1.82) is 0 Å². The molecule has 0 amide bonds. The molecule has 5 nitrogen and oxygen atoms in total. The van der Waals surface area contributed by atoms with Crippen molar-refractivity contribution >= 4 is 5.78 Å². The average Bonchev–Trinajstić information content (AvgIpc) is 2.35. The largest absolute Gasteiger partial charge is 0.328 e. The molecule has 0 aliphatic carbocycles. The molecule has 4 N–H and O–H groups in total. The molecule has 0 aromatic rings. The lowest BCUT2D eigenvalue weighted by atomic mass is 10.0. The summed E-state index contributed by atoms with van der Waals surface area (Å²) in [5, 5.41) is 0. The summed E-state index contributed by atoms with van der Waals surface area (Å²) >= 11 is 0. The number of nitrogens with two attached hydrogens (primary N) is 2. The Morgan fingerprint density at radius 2 is 1.17 bits per heavy atom. The Morgan fingerprint density at radius 3 is 1.50 bits per heavy atom. The van der Waals surface area contributed by atoms with Gasteiger partial charge in [0.25, 0.3) is 0 Å². The highest BCUT2D eigenvalue weighted by Crippen LogP contribution is 2.10. The molecule has 0 unspecified atom stereocenters. The summed E-state index contributed by atoms with van der Waals surface area (Å²) in [4.78, 5) is 16.5. The summed E-state index contributed by atoms with van der Waals surface area (Å²) in [6.07, 6.45) is 4.08. The standard InChI is InChI=1S/C13H26N4O/c14-11-1-5-16(6-2-11)9-13(18)10-17-7-3-12(15)4-8-17/h11-12H,1-10,14-15H2. The van der Waals surface area contributed by atoms with E-state index >= 15 is 0 Å². The molecule has 0 saturated carbocycles. The second-order valence-electron chi connectivity index (χ2n) is 5.77. The van der Waals surface area contributed by atoms with E-state index in [0.29, 0.717) is 31.0 Å². The van der Waals surface area contributed by atoms with Gasteiger partial charge in [0.05, 0.1) is 13.1 Å². The van der Waals surface area contributed by atoms with Crippen LogP contribution in [0, 0.1) is 0 Å². The second kappa shape index (κ2) is 6.61. The fraction of sp³-hybridized carbons (Fsp3) is 0.923. The number of rotatable bonds is 4. The third-order valence-electron chi connectivity index (χ3n) is 4.06. The van der Waals surface area contributed by atoms with Crippen LogP contribution in [0.5, 0.6) is 0 Å². The highest BCUT2D eigenvalue weighted by atomic mass is 16.1. The number of hydrogen-bond donors (Lipinski definition) is 2. The predicted molar refractivity (Wildman–Crippen MR) is 72.3 cm³/mol. The molecular formula is C13H26N4O. The summed E-state index contributed by atoms with van der Waals surface area (Å²) < 4.78 is 0. The normalized spacial score (nSPS) is 25.4. The summed E-state index contributed by atoms with van der Waals surface area (Å²) in [5.74, 6) is 0.334. The maximum Gasteiger partial charge on any atom is 0.160 e. The Bertz CT molecular complexity index is 242. The van der Waals surface area contributed by atoms with E-state index in [2.05, 4.69) is 9.80 Å². The smallest absolute Gasteiger partial charge is 0.160 e. The monoisotopic (exact) mass is 254 g/mol. The molecule has 2 aliphatic rings. The minimum atomic E-state index is 0.333. The zero-order valence-electron chi connectivity index (χ0n) is 11.2. The van der Waals surface area contributed by atoms with Gasteiger partial charge in [0.15, 0.2) is 5.78 Å².